The Bertz CT molecular complexity index is 945. The van der Waals surface area contributed by atoms with Crippen LogP contribution >= 0.6 is 23.4 Å². The van der Waals surface area contributed by atoms with Crippen LogP contribution in [0, 0.1) is 11.6 Å². The van der Waals surface area contributed by atoms with Crippen molar-refractivity contribution >= 4 is 35.0 Å². The number of aromatic nitrogens is 3. The van der Waals surface area contributed by atoms with Gasteiger partial charge in [0.1, 0.15) is 17.3 Å². The fraction of sp³-hybridized carbons (Fsp3) is 0.0625. The first-order valence-electron chi connectivity index (χ1n) is 7.29. The first-order valence-corrected chi connectivity index (χ1v) is 8.65. The number of amides is 1. The van der Waals surface area contributed by atoms with E-state index in [0.717, 1.165) is 23.9 Å². The molecule has 10 heteroatoms. The molecule has 0 aliphatic rings. The molecule has 0 saturated heterocycles. The molecule has 6 nitrogen and oxygen atoms in total. The fourth-order valence-corrected chi connectivity index (χ4v) is 3.00. The van der Waals surface area contributed by atoms with E-state index >= 15 is 0 Å². The third-order valence-electron chi connectivity index (χ3n) is 3.34. The van der Waals surface area contributed by atoms with Gasteiger partial charge in [-0.15, -0.1) is 10.2 Å². The molecule has 0 unspecified atom stereocenters. The Kier molecular flexibility index (Phi) is 5.38. The second-order valence-electron chi connectivity index (χ2n) is 5.09. The highest BCUT2D eigenvalue weighted by Crippen LogP contribution is 2.27. The molecule has 1 heterocycles. The van der Waals surface area contributed by atoms with Gasteiger partial charge in [0.25, 0.3) is 0 Å². The molecule has 2 aromatic carbocycles. The van der Waals surface area contributed by atoms with Crippen LogP contribution in [0.2, 0.25) is 5.02 Å². The average molecular weight is 396 g/mol. The van der Waals surface area contributed by atoms with Gasteiger partial charge in [0.2, 0.25) is 11.1 Å². The van der Waals surface area contributed by atoms with Crippen molar-refractivity contribution in [2.75, 3.05) is 16.9 Å². The number of anilines is 1. The van der Waals surface area contributed by atoms with Crippen LogP contribution in [0.1, 0.15) is 0 Å². The Hall–Kier alpha value is -2.65. The third kappa shape index (κ3) is 3.78. The van der Waals surface area contributed by atoms with E-state index < -0.39 is 23.2 Å². The number of nitrogen functional groups attached to an aromatic ring is 1. The van der Waals surface area contributed by atoms with Crippen molar-refractivity contribution in [1.82, 2.24) is 14.9 Å². The second kappa shape index (κ2) is 7.71. The first kappa shape index (κ1) is 18.2. The predicted octanol–water partition coefficient (Wildman–Crippen LogP) is 3.32. The van der Waals surface area contributed by atoms with Crippen LogP contribution in [0.3, 0.4) is 0 Å². The first-order chi connectivity index (χ1) is 12.5. The number of rotatable bonds is 5. The number of nitrogens with two attached hydrogens (primary N) is 1. The zero-order chi connectivity index (χ0) is 18.7. The van der Waals surface area contributed by atoms with Crippen LogP contribution in [-0.2, 0) is 4.79 Å². The molecule has 0 spiro atoms. The second-order valence-corrected chi connectivity index (χ2v) is 6.44. The lowest BCUT2D eigenvalue weighted by atomic mass is 10.2. The van der Waals surface area contributed by atoms with Crippen LogP contribution in [-0.4, -0.2) is 26.5 Å². The van der Waals surface area contributed by atoms with Crippen LogP contribution < -0.4 is 11.2 Å². The molecule has 0 fully saturated rings. The molecule has 134 valence electrons. The van der Waals surface area contributed by atoms with Gasteiger partial charge in [-0.05, 0) is 24.3 Å². The molecular weight excluding hydrogens is 384 g/mol. The Morgan fingerprint density at radius 1 is 1.15 bits per heavy atom. The van der Waals surface area contributed by atoms with Crippen molar-refractivity contribution in [3.63, 3.8) is 0 Å². The zero-order valence-corrected chi connectivity index (χ0v) is 14.7. The van der Waals surface area contributed by atoms with Crippen LogP contribution in [0.25, 0.3) is 11.4 Å². The highest BCUT2D eigenvalue weighted by atomic mass is 35.5. The molecular formula is C16H12ClF2N5OS. The quantitative estimate of drug-likeness (QED) is 0.511. The van der Waals surface area contributed by atoms with E-state index in [0.29, 0.717) is 16.4 Å². The van der Waals surface area contributed by atoms with E-state index in [1.165, 1.54) is 10.7 Å². The number of benzene rings is 2. The molecule has 3 rings (SSSR count). The summed E-state index contributed by atoms with van der Waals surface area (Å²) < 4.78 is 28.3. The Morgan fingerprint density at radius 3 is 2.54 bits per heavy atom. The summed E-state index contributed by atoms with van der Waals surface area (Å²) in [5, 5.41) is 10.8. The lowest BCUT2D eigenvalue weighted by Gasteiger charge is -2.07. The molecule has 1 aromatic heterocycles. The molecule has 26 heavy (non-hydrogen) atoms. The summed E-state index contributed by atoms with van der Waals surface area (Å²) in [6.07, 6.45) is 0. The van der Waals surface area contributed by atoms with Crippen LogP contribution in [0.5, 0.6) is 0 Å². The molecule has 0 aliphatic carbocycles. The molecule has 0 saturated carbocycles. The van der Waals surface area contributed by atoms with E-state index in [-0.39, 0.29) is 10.9 Å². The summed E-state index contributed by atoms with van der Waals surface area (Å²) in [6.45, 7) is 0. The van der Waals surface area contributed by atoms with E-state index in [1.807, 2.05) is 0 Å². The highest BCUT2D eigenvalue weighted by Gasteiger charge is 2.17. The summed E-state index contributed by atoms with van der Waals surface area (Å²) in [5.41, 5.74) is 0.0953. The molecule has 0 radical (unpaired) electrons. The zero-order valence-electron chi connectivity index (χ0n) is 13.1. The van der Waals surface area contributed by atoms with Gasteiger partial charge >= 0.3 is 0 Å². The molecule has 3 N–H and O–H groups in total. The summed E-state index contributed by atoms with van der Waals surface area (Å²) in [4.78, 5) is 11.9. The van der Waals surface area contributed by atoms with Crippen molar-refractivity contribution in [3.8, 4) is 11.4 Å². The topological polar surface area (TPSA) is 85.8 Å². The summed E-state index contributed by atoms with van der Waals surface area (Å²) >= 11 is 7.08. The van der Waals surface area contributed by atoms with Gasteiger partial charge in [-0.2, -0.15) is 0 Å². The van der Waals surface area contributed by atoms with Gasteiger partial charge in [-0.25, -0.2) is 13.5 Å². The van der Waals surface area contributed by atoms with Gasteiger partial charge in [-0.1, -0.05) is 41.6 Å². The molecule has 0 aliphatic heterocycles. The smallest absolute Gasteiger partial charge is 0.235 e. The largest absolute Gasteiger partial charge is 0.335 e. The maximum absolute atomic E-state index is 13.5. The minimum Gasteiger partial charge on any atom is -0.335 e. The number of carbonyl (C=O) groups excluding carboxylic acids is 1. The van der Waals surface area contributed by atoms with Crippen molar-refractivity contribution in [2.45, 2.75) is 5.16 Å². The maximum Gasteiger partial charge on any atom is 0.235 e. The standard InChI is InChI=1S/C16H12ClF2N5OS/c17-10-5-2-1-4-9(10)15-22-23-16(24(15)20)26-8-13(25)21-14-11(18)6-3-7-12(14)19/h1-7H,8,20H2,(H,21,25). The lowest BCUT2D eigenvalue weighted by Crippen LogP contribution is -2.18. The molecule has 3 aromatic rings. The minimum absolute atomic E-state index is 0.161. The number of thioether (sulfide) groups is 1. The number of carbonyl (C=O) groups is 1. The monoisotopic (exact) mass is 395 g/mol. The van der Waals surface area contributed by atoms with Gasteiger partial charge in [0.05, 0.1) is 10.8 Å². The van der Waals surface area contributed by atoms with Gasteiger partial charge < -0.3 is 11.2 Å². The van der Waals surface area contributed by atoms with E-state index in [4.69, 9.17) is 17.4 Å². The van der Waals surface area contributed by atoms with Gasteiger partial charge in [-0.3, -0.25) is 4.79 Å². The Labute approximate surface area is 156 Å². The number of nitrogens with one attached hydrogen (secondary N) is 1. The van der Waals surface area contributed by atoms with Crippen molar-refractivity contribution in [1.29, 1.82) is 0 Å². The number of para-hydroxylation sites is 1. The molecule has 0 bridgehead atoms. The van der Waals surface area contributed by atoms with E-state index in [1.54, 1.807) is 24.3 Å². The van der Waals surface area contributed by atoms with E-state index in [9.17, 15) is 13.6 Å². The van der Waals surface area contributed by atoms with Gasteiger partial charge in [0.15, 0.2) is 5.82 Å². The number of nitrogens with zero attached hydrogens (tertiary/aromatic N) is 3. The molecule has 1 amide bonds. The summed E-state index contributed by atoms with van der Waals surface area (Å²) in [5.74, 6) is 3.80. The summed E-state index contributed by atoms with van der Waals surface area (Å²) in [6, 6.07) is 10.3. The van der Waals surface area contributed by atoms with Crippen molar-refractivity contribution < 1.29 is 13.6 Å². The van der Waals surface area contributed by atoms with E-state index in [2.05, 4.69) is 15.5 Å². The SMILES string of the molecule is Nn1c(SCC(=O)Nc2c(F)cccc2F)nnc1-c1ccccc1Cl. The average Bonchev–Trinajstić information content (AvgIpc) is 2.97. The maximum atomic E-state index is 13.5. The minimum atomic E-state index is -0.855. The van der Waals surface area contributed by atoms with Crippen molar-refractivity contribution in [3.05, 3.63) is 59.1 Å². The highest BCUT2D eigenvalue weighted by molar-refractivity contribution is 7.99. The Balaban J connectivity index is 1.69. The predicted molar refractivity (Wildman–Crippen MR) is 96.3 cm³/mol. The molecule has 0 atom stereocenters. The normalized spacial score (nSPS) is 10.7. The fourth-order valence-electron chi connectivity index (χ4n) is 2.12. The number of halogens is 3. The lowest BCUT2D eigenvalue weighted by molar-refractivity contribution is -0.113. The van der Waals surface area contributed by atoms with Crippen LogP contribution in [0.4, 0.5) is 14.5 Å². The number of hydrogen-bond acceptors (Lipinski definition) is 5. The third-order valence-corrected chi connectivity index (χ3v) is 4.61. The number of hydrogen-bond donors (Lipinski definition) is 2. The summed E-state index contributed by atoms with van der Waals surface area (Å²) in [7, 11) is 0. The van der Waals surface area contributed by atoms with Crippen LogP contribution in [0.15, 0.2) is 47.6 Å². The van der Waals surface area contributed by atoms with Gasteiger partial charge in [0, 0.05) is 5.56 Å². The van der Waals surface area contributed by atoms with Crippen molar-refractivity contribution in [2.24, 2.45) is 0 Å². The Morgan fingerprint density at radius 2 is 1.85 bits per heavy atom.